The maximum absolute atomic E-state index is 12.4. The lowest BCUT2D eigenvalue weighted by atomic mass is 9.47. The SMILES string of the molecule is CN1C(=O)C=C[C@]2(C)[C@H]3CC[C@]4(C)[C@@H](CNC(=O)Cc5ccco5)CC[C@H]4[C@@H]3CC[C@@H]12. The molecule has 0 aromatic carbocycles. The van der Waals surface area contributed by atoms with Gasteiger partial charge >= 0.3 is 0 Å². The average Bonchev–Trinajstić information content (AvgIpc) is 3.36. The van der Waals surface area contributed by atoms with Gasteiger partial charge in [0, 0.05) is 25.0 Å². The first-order valence-corrected chi connectivity index (χ1v) is 12.1. The van der Waals surface area contributed by atoms with Crippen LogP contribution in [0.5, 0.6) is 0 Å². The molecule has 1 aromatic heterocycles. The second kappa shape index (κ2) is 7.53. The van der Waals surface area contributed by atoms with Gasteiger partial charge in [0.15, 0.2) is 0 Å². The monoisotopic (exact) mass is 424 g/mol. The summed E-state index contributed by atoms with van der Waals surface area (Å²) in [5, 5.41) is 3.20. The molecule has 0 radical (unpaired) electrons. The van der Waals surface area contributed by atoms with E-state index in [0.717, 1.165) is 30.6 Å². The first-order chi connectivity index (χ1) is 14.8. The van der Waals surface area contributed by atoms with Gasteiger partial charge in [0.1, 0.15) is 5.76 Å². The first-order valence-electron chi connectivity index (χ1n) is 12.1. The molecule has 5 nitrogen and oxygen atoms in total. The Kier molecular flexibility index (Phi) is 5.06. The summed E-state index contributed by atoms with van der Waals surface area (Å²) in [7, 11) is 1.99. The molecule has 0 unspecified atom stereocenters. The van der Waals surface area contributed by atoms with Crippen molar-refractivity contribution >= 4 is 11.8 Å². The average molecular weight is 425 g/mol. The Labute approximate surface area is 185 Å². The molecule has 0 spiro atoms. The fourth-order valence-corrected chi connectivity index (χ4v) is 8.05. The van der Waals surface area contributed by atoms with Crippen LogP contribution in [0.1, 0.15) is 58.1 Å². The molecule has 2 heterocycles. The van der Waals surface area contributed by atoms with E-state index in [1.54, 1.807) is 6.26 Å². The molecule has 3 fully saturated rings. The molecular formula is C26H36N2O3. The van der Waals surface area contributed by atoms with Crippen molar-refractivity contribution in [2.24, 2.45) is 34.5 Å². The third kappa shape index (κ3) is 3.27. The normalized spacial score (nSPS) is 41.5. The Morgan fingerprint density at radius 1 is 1.19 bits per heavy atom. The highest BCUT2D eigenvalue weighted by Gasteiger charge is 2.60. The summed E-state index contributed by atoms with van der Waals surface area (Å²) in [6.07, 6.45) is 13.3. The molecule has 2 amide bonds. The van der Waals surface area contributed by atoms with E-state index in [1.165, 1.54) is 32.1 Å². The van der Waals surface area contributed by atoms with E-state index in [9.17, 15) is 9.59 Å². The number of carbonyl (C=O) groups excluding carboxylic acids is 2. The minimum absolute atomic E-state index is 0.0590. The van der Waals surface area contributed by atoms with Crippen LogP contribution in [-0.4, -0.2) is 36.3 Å². The Morgan fingerprint density at radius 3 is 2.81 bits per heavy atom. The van der Waals surface area contributed by atoms with Crippen LogP contribution in [0.25, 0.3) is 0 Å². The number of carbonyl (C=O) groups is 2. The van der Waals surface area contributed by atoms with Gasteiger partial charge in [0.05, 0.1) is 12.7 Å². The quantitative estimate of drug-likeness (QED) is 0.788. The van der Waals surface area contributed by atoms with Gasteiger partial charge in [-0.3, -0.25) is 9.59 Å². The topological polar surface area (TPSA) is 62.6 Å². The Balaban J connectivity index is 1.28. The number of rotatable bonds is 4. The predicted molar refractivity (Wildman–Crippen MR) is 119 cm³/mol. The predicted octanol–water partition coefficient (Wildman–Crippen LogP) is 4.19. The molecule has 0 saturated heterocycles. The van der Waals surface area contributed by atoms with Crippen molar-refractivity contribution in [3.8, 4) is 0 Å². The zero-order valence-electron chi connectivity index (χ0n) is 19.1. The highest BCUT2D eigenvalue weighted by molar-refractivity contribution is 5.89. The van der Waals surface area contributed by atoms with E-state index in [1.807, 2.05) is 30.2 Å². The summed E-state index contributed by atoms with van der Waals surface area (Å²) in [6.45, 7) is 5.67. The number of fused-ring (bicyclic) bond motifs is 5. The molecule has 31 heavy (non-hydrogen) atoms. The fourth-order valence-electron chi connectivity index (χ4n) is 8.05. The first kappa shape index (κ1) is 20.8. The van der Waals surface area contributed by atoms with Crippen LogP contribution < -0.4 is 5.32 Å². The van der Waals surface area contributed by atoms with E-state index in [4.69, 9.17) is 4.42 Å². The highest BCUT2D eigenvalue weighted by atomic mass is 16.3. The van der Waals surface area contributed by atoms with Crippen LogP contribution in [0.4, 0.5) is 0 Å². The van der Waals surface area contributed by atoms with Crippen molar-refractivity contribution in [3.05, 3.63) is 36.3 Å². The van der Waals surface area contributed by atoms with Crippen LogP contribution in [0, 0.1) is 34.5 Å². The van der Waals surface area contributed by atoms with Crippen LogP contribution in [0.3, 0.4) is 0 Å². The lowest BCUT2D eigenvalue weighted by Crippen LogP contribution is -2.59. The number of nitrogens with zero attached hydrogens (tertiary/aromatic N) is 1. The number of nitrogens with one attached hydrogen (secondary N) is 1. The van der Waals surface area contributed by atoms with Crippen molar-refractivity contribution < 1.29 is 14.0 Å². The summed E-state index contributed by atoms with van der Waals surface area (Å²) >= 11 is 0. The van der Waals surface area contributed by atoms with Crippen molar-refractivity contribution in [2.45, 2.75) is 64.8 Å². The lowest BCUT2D eigenvalue weighted by Gasteiger charge is -2.60. The summed E-state index contributed by atoms with van der Waals surface area (Å²) in [5.41, 5.74) is 0.407. The standard InChI is InChI=1S/C26H36N2O3/c1-25-12-10-21-19(7-9-22-26(21,2)13-11-24(30)28(22)3)20(25)8-6-17(25)16-27-23(29)15-18-5-4-14-31-18/h4-5,11,13-14,17,19-22H,6-10,12,15-16H2,1-3H3,(H,27,29)/t17-,19+,20+,21+,22-,25-,26-/m1/s1. The van der Waals surface area contributed by atoms with Gasteiger partial charge < -0.3 is 14.6 Å². The molecule has 7 atom stereocenters. The smallest absolute Gasteiger partial charge is 0.246 e. The van der Waals surface area contributed by atoms with Crippen LogP contribution >= 0.6 is 0 Å². The van der Waals surface area contributed by atoms with Gasteiger partial charge in [-0.2, -0.15) is 0 Å². The second-order valence-electron chi connectivity index (χ2n) is 11.0. The molecule has 5 rings (SSSR count). The van der Waals surface area contributed by atoms with Gasteiger partial charge in [-0.05, 0) is 85.8 Å². The van der Waals surface area contributed by atoms with Crippen LogP contribution in [0.2, 0.25) is 0 Å². The molecule has 3 aliphatic carbocycles. The van der Waals surface area contributed by atoms with E-state index in [2.05, 4.69) is 25.2 Å². The number of likely N-dealkylation sites (N-methyl/N-ethyl adjacent to an activating group) is 1. The van der Waals surface area contributed by atoms with E-state index >= 15 is 0 Å². The van der Waals surface area contributed by atoms with Crippen LogP contribution in [-0.2, 0) is 16.0 Å². The van der Waals surface area contributed by atoms with Crippen molar-refractivity contribution in [3.63, 3.8) is 0 Å². The Bertz CT molecular complexity index is 877. The highest BCUT2D eigenvalue weighted by Crippen LogP contribution is 2.65. The van der Waals surface area contributed by atoms with Crippen LogP contribution in [0.15, 0.2) is 35.0 Å². The zero-order valence-corrected chi connectivity index (χ0v) is 19.1. The number of hydrogen-bond acceptors (Lipinski definition) is 3. The Hall–Kier alpha value is -2.04. The number of amides is 2. The summed E-state index contributed by atoms with van der Waals surface area (Å²) in [6, 6.07) is 4.03. The minimum atomic E-state index is 0.0590. The van der Waals surface area contributed by atoms with Crippen molar-refractivity contribution in [1.82, 2.24) is 10.2 Å². The van der Waals surface area contributed by atoms with Crippen molar-refractivity contribution in [2.75, 3.05) is 13.6 Å². The van der Waals surface area contributed by atoms with Gasteiger partial charge in [0.2, 0.25) is 11.8 Å². The van der Waals surface area contributed by atoms with Crippen molar-refractivity contribution in [1.29, 1.82) is 0 Å². The van der Waals surface area contributed by atoms with E-state index in [-0.39, 0.29) is 17.2 Å². The molecule has 168 valence electrons. The van der Waals surface area contributed by atoms with Gasteiger partial charge in [-0.15, -0.1) is 0 Å². The number of furan rings is 1. The molecular weight excluding hydrogens is 388 g/mol. The van der Waals surface area contributed by atoms with E-state index in [0.29, 0.717) is 29.7 Å². The third-order valence-electron chi connectivity index (χ3n) is 9.78. The van der Waals surface area contributed by atoms with Gasteiger partial charge in [-0.25, -0.2) is 0 Å². The summed E-state index contributed by atoms with van der Waals surface area (Å²) in [5.74, 6) is 3.61. The van der Waals surface area contributed by atoms with E-state index < -0.39 is 0 Å². The second-order valence-corrected chi connectivity index (χ2v) is 11.0. The molecule has 1 aromatic rings. The molecule has 4 aliphatic rings. The van der Waals surface area contributed by atoms with Gasteiger partial charge in [0.25, 0.3) is 0 Å². The van der Waals surface area contributed by atoms with Gasteiger partial charge in [-0.1, -0.05) is 19.9 Å². The zero-order chi connectivity index (χ0) is 21.8. The number of hydrogen-bond donors (Lipinski definition) is 1. The largest absolute Gasteiger partial charge is 0.469 e. The Morgan fingerprint density at radius 2 is 2.03 bits per heavy atom. The summed E-state index contributed by atoms with van der Waals surface area (Å²) in [4.78, 5) is 26.7. The molecule has 1 aliphatic heterocycles. The third-order valence-corrected chi connectivity index (χ3v) is 9.78. The lowest BCUT2D eigenvalue weighted by molar-refractivity contribution is -0.139. The fraction of sp³-hybridized carbons (Fsp3) is 0.692. The minimum Gasteiger partial charge on any atom is -0.469 e. The summed E-state index contributed by atoms with van der Waals surface area (Å²) < 4.78 is 5.32. The molecule has 5 heteroatoms. The molecule has 0 bridgehead atoms. The molecule has 3 saturated carbocycles. The maximum Gasteiger partial charge on any atom is 0.246 e. The maximum atomic E-state index is 12.4. The molecule has 1 N–H and O–H groups in total.